The monoisotopic (exact) mass is 336 g/mol. The van der Waals surface area contributed by atoms with Crippen molar-refractivity contribution in [2.24, 2.45) is 0 Å². The van der Waals surface area contributed by atoms with Crippen LogP contribution >= 0.6 is 18.5 Å². The maximum atomic E-state index is 6.81. The Morgan fingerprint density at radius 1 is 0.864 bits per heavy atom. The van der Waals surface area contributed by atoms with E-state index in [2.05, 4.69) is 32.9 Å². The molecular weight excluding hydrogens is 315 g/mol. The predicted molar refractivity (Wildman–Crippen MR) is 97.1 cm³/mol. The van der Waals surface area contributed by atoms with Crippen LogP contribution in [-0.4, -0.2) is 19.4 Å². The summed E-state index contributed by atoms with van der Waals surface area (Å²) in [7, 11) is 2.51. The van der Waals surface area contributed by atoms with Gasteiger partial charge in [0.1, 0.15) is 11.5 Å². The van der Waals surface area contributed by atoms with Crippen LogP contribution in [0.25, 0.3) is 11.1 Å². The first kappa shape index (κ1) is 17.1. The molecule has 0 N–H and O–H groups in total. The Morgan fingerprint density at radius 2 is 1.41 bits per heavy atom. The molecule has 1 atom stereocenters. The van der Waals surface area contributed by atoms with E-state index in [1.807, 2.05) is 30.3 Å². The van der Waals surface area contributed by atoms with Crippen molar-refractivity contribution in [2.45, 2.75) is 25.9 Å². The smallest absolute Gasteiger partial charge is 0.130 e. The van der Waals surface area contributed by atoms with E-state index in [0.29, 0.717) is 0 Å². The van der Waals surface area contributed by atoms with Crippen molar-refractivity contribution in [1.29, 1.82) is 0 Å². The average molecular weight is 337 g/mol. The Morgan fingerprint density at radius 3 is 1.91 bits per heavy atom. The van der Waals surface area contributed by atoms with Crippen LogP contribution in [0, 0.1) is 0 Å². The topological polar surface area (TPSA) is 18.5 Å². The fourth-order valence-corrected chi connectivity index (χ4v) is 4.11. The summed E-state index contributed by atoms with van der Waals surface area (Å²) in [6, 6.07) is 14.1. The molecule has 0 unspecified atom stereocenters. The highest BCUT2D eigenvalue weighted by molar-refractivity contribution is 7.91. The van der Waals surface area contributed by atoms with Crippen molar-refractivity contribution >= 4 is 23.8 Å². The zero-order valence-corrected chi connectivity index (χ0v) is 15.3. The molecule has 0 aliphatic heterocycles. The minimum absolute atomic E-state index is 0.0161. The third-order valence-corrected chi connectivity index (χ3v) is 7.46. The Bertz CT molecular complexity index is 628. The highest BCUT2D eigenvalue weighted by Gasteiger charge is 2.27. The van der Waals surface area contributed by atoms with Crippen molar-refractivity contribution in [3.05, 3.63) is 42.5 Å². The summed E-state index contributed by atoms with van der Waals surface area (Å²) in [6.07, 6.45) is 0. The van der Waals surface area contributed by atoms with Crippen molar-refractivity contribution in [1.82, 2.24) is 0 Å². The molecule has 0 radical (unpaired) electrons. The van der Waals surface area contributed by atoms with E-state index < -0.39 is 7.27 Å². The van der Waals surface area contributed by atoms with Crippen LogP contribution in [0.2, 0.25) is 0 Å². The minimum Gasteiger partial charge on any atom is -0.496 e. The highest BCUT2D eigenvalue weighted by Crippen LogP contribution is 2.55. The normalized spacial score (nSPS) is 12.8. The van der Waals surface area contributed by atoms with Gasteiger partial charge in [-0.05, 0) is 28.2 Å². The van der Waals surface area contributed by atoms with Crippen LogP contribution in [0.1, 0.15) is 20.8 Å². The van der Waals surface area contributed by atoms with E-state index in [1.54, 1.807) is 14.2 Å². The van der Waals surface area contributed by atoms with Crippen LogP contribution in [0.3, 0.4) is 0 Å². The summed E-state index contributed by atoms with van der Waals surface area (Å²) in [5.41, 5.74) is 2.04. The van der Waals surface area contributed by atoms with Gasteiger partial charge in [0, 0.05) is 7.27 Å². The van der Waals surface area contributed by atoms with Gasteiger partial charge in [-0.15, -0.1) is 0 Å². The quantitative estimate of drug-likeness (QED) is 0.693. The molecule has 0 saturated carbocycles. The molecule has 0 aromatic heterocycles. The fourth-order valence-electron chi connectivity index (χ4n) is 2.33. The van der Waals surface area contributed by atoms with Crippen LogP contribution in [0.4, 0.5) is 0 Å². The third kappa shape index (κ3) is 3.39. The second-order valence-corrected chi connectivity index (χ2v) is 9.41. The SMILES string of the molecule is COc1cccc(OC)c1-c1ccccc1[P@](Cl)C(C)(C)C. The summed E-state index contributed by atoms with van der Waals surface area (Å²) in [5, 5.41) is 1.16. The number of hydrogen-bond acceptors (Lipinski definition) is 2. The van der Waals surface area contributed by atoms with Crippen molar-refractivity contribution < 1.29 is 9.47 Å². The van der Waals surface area contributed by atoms with Gasteiger partial charge in [0.15, 0.2) is 0 Å². The van der Waals surface area contributed by atoms with E-state index in [-0.39, 0.29) is 5.16 Å². The predicted octanol–water partition coefficient (Wildman–Crippen LogP) is 5.43. The average Bonchev–Trinajstić information content (AvgIpc) is 2.52. The number of methoxy groups -OCH3 is 2. The van der Waals surface area contributed by atoms with Gasteiger partial charge in [-0.25, -0.2) is 0 Å². The maximum Gasteiger partial charge on any atom is 0.130 e. The molecule has 4 heteroatoms. The Kier molecular flexibility index (Phi) is 5.36. The summed E-state index contributed by atoms with van der Waals surface area (Å²) in [6.45, 7) is 6.51. The van der Waals surface area contributed by atoms with Gasteiger partial charge in [-0.3, -0.25) is 0 Å². The standard InChI is InChI=1S/C18H22ClO2P/c1-18(2,3)22(19)16-12-7-6-9-13(16)17-14(20-4)10-8-11-15(17)21-5/h6-12H,1-5H3/t22-/m0/s1. The molecule has 0 aliphatic carbocycles. The van der Waals surface area contributed by atoms with Crippen LogP contribution in [-0.2, 0) is 0 Å². The number of ether oxygens (including phenoxy) is 2. The second kappa shape index (κ2) is 6.89. The van der Waals surface area contributed by atoms with Gasteiger partial charge in [-0.1, -0.05) is 62.3 Å². The molecule has 0 bridgehead atoms. The van der Waals surface area contributed by atoms with Crippen molar-refractivity contribution in [3.8, 4) is 22.6 Å². The molecule has 0 saturated heterocycles. The third-order valence-electron chi connectivity index (χ3n) is 3.40. The Hall–Kier alpha value is -1.24. The van der Waals surface area contributed by atoms with Gasteiger partial charge in [-0.2, -0.15) is 0 Å². The molecule has 0 aliphatic rings. The molecule has 22 heavy (non-hydrogen) atoms. The molecule has 0 amide bonds. The molecule has 118 valence electrons. The summed E-state index contributed by atoms with van der Waals surface area (Å²) < 4.78 is 11.1. The Labute approximate surface area is 139 Å². The minimum atomic E-state index is -0.835. The Balaban J connectivity index is 2.69. The van der Waals surface area contributed by atoms with Crippen LogP contribution < -0.4 is 14.8 Å². The van der Waals surface area contributed by atoms with Crippen molar-refractivity contribution in [3.63, 3.8) is 0 Å². The largest absolute Gasteiger partial charge is 0.496 e. The first-order valence-electron chi connectivity index (χ1n) is 7.16. The lowest BCUT2D eigenvalue weighted by Gasteiger charge is -2.28. The first-order valence-corrected chi connectivity index (χ1v) is 9.41. The molecular formula is C18H22ClO2P. The molecule has 2 aromatic carbocycles. The van der Waals surface area contributed by atoms with Gasteiger partial charge in [0.25, 0.3) is 0 Å². The van der Waals surface area contributed by atoms with E-state index in [9.17, 15) is 0 Å². The number of benzene rings is 2. The zero-order valence-electron chi connectivity index (χ0n) is 13.7. The molecule has 2 aromatic rings. The number of halogens is 1. The highest BCUT2D eigenvalue weighted by atomic mass is 35.7. The van der Waals surface area contributed by atoms with E-state index in [0.717, 1.165) is 27.9 Å². The molecule has 2 rings (SSSR count). The van der Waals surface area contributed by atoms with Crippen LogP contribution in [0.15, 0.2) is 42.5 Å². The zero-order chi connectivity index (χ0) is 16.3. The van der Waals surface area contributed by atoms with Gasteiger partial charge < -0.3 is 9.47 Å². The lowest BCUT2D eigenvalue weighted by molar-refractivity contribution is 0.397. The summed E-state index contributed by atoms with van der Waals surface area (Å²) in [5.74, 6) is 1.58. The summed E-state index contributed by atoms with van der Waals surface area (Å²) in [4.78, 5) is 0. The van der Waals surface area contributed by atoms with E-state index >= 15 is 0 Å². The van der Waals surface area contributed by atoms with Gasteiger partial charge >= 0.3 is 0 Å². The van der Waals surface area contributed by atoms with Crippen LogP contribution in [0.5, 0.6) is 11.5 Å². The first-order chi connectivity index (χ1) is 10.4. The molecule has 0 fully saturated rings. The molecule has 0 spiro atoms. The second-order valence-electron chi connectivity index (χ2n) is 6.01. The van der Waals surface area contributed by atoms with E-state index in [1.165, 1.54) is 0 Å². The lowest BCUT2D eigenvalue weighted by Crippen LogP contribution is -2.17. The summed E-state index contributed by atoms with van der Waals surface area (Å²) >= 11 is 6.81. The molecule has 2 nitrogen and oxygen atoms in total. The number of rotatable bonds is 4. The van der Waals surface area contributed by atoms with E-state index in [4.69, 9.17) is 20.7 Å². The lowest BCUT2D eigenvalue weighted by atomic mass is 10.0. The van der Waals surface area contributed by atoms with Crippen molar-refractivity contribution in [2.75, 3.05) is 14.2 Å². The molecule has 0 heterocycles. The van der Waals surface area contributed by atoms with Gasteiger partial charge in [0.05, 0.1) is 19.8 Å². The number of hydrogen-bond donors (Lipinski definition) is 0. The fraction of sp³-hybridized carbons (Fsp3) is 0.333. The maximum absolute atomic E-state index is 6.81. The van der Waals surface area contributed by atoms with Gasteiger partial charge in [0.2, 0.25) is 0 Å².